The minimum Gasteiger partial charge on any atom is -0.505 e. The van der Waals surface area contributed by atoms with E-state index in [2.05, 4.69) is 65.1 Å². The number of benzene rings is 3. The van der Waals surface area contributed by atoms with Crippen LogP contribution >= 0.6 is 0 Å². The van der Waals surface area contributed by atoms with Crippen LogP contribution in [0.4, 0.5) is 10.1 Å². The van der Waals surface area contributed by atoms with Gasteiger partial charge in [0.05, 0.1) is 18.3 Å². The van der Waals surface area contributed by atoms with Crippen molar-refractivity contribution in [1.82, 2.24) is 0 Å². The second kappa shape index (κ2) is 9.54. The van der Waals surface area contributed by atoms with Crippen molar-refractivity contribution in [2.75, 3.05) is 19.0 Å². The predicted molar refractivity (Wildman–Crippen MR) is 141 cm³/mol. The summed E-state index contributed by atoms with van der Waals surface area (Å²) in [5, 5.41) is 13.5. The molecule has 5 heteroatoms. The topological polar surface area (TPSA) is 50.7 Å². The molecule has 0 bridgehead atoms. The van der Waals surface area contributed by atoms with E-state index in [0.717, 1.165) is 69.8 Å². The summed E-state index contributed by atoms with van der Waals surface area (Å²) < 4.78 is 26.3. The SMILES string of the molecule is CNc1c(C)c(C(C)OC(C)(C)C)c(-c2ccc3c(c2)CCCO3)c(C)c1-c1ccc(F)c(O)c1. The smallest absolute Gasteiger partial charge is 0.164 e. The van der Waals surface area contributed by atoms with Crippen molar-refractivity contribution in [3.63, 3.8) is 0 Å². The summed E-state index contributed by atoms with van der Waals surface area (Å²) in [4.78, 5) is 0. The van der Waals surface area contributed by atoms with Crippen molar-refractivity contribution < 1.29 is 19.0 Å². The molecule has 0 saturated carbocycles. The van der Waals surface area contributed by atoms with Crippen molar-refractivity contribution in [2.24, 2.45) is 0 Å². The van der Waals surface area contributed by atoms with E-state index < -0.39 is 5.82 Å². The molecule has 0 aliphatic carbocycles. The molecule has 0 fully saturated rings. The van der Waals surface area contributed by atoms with Crippen molar-refractivity contribution in [3.05, 3.63) is 64.5 Å². The summed E-state index contributed by atoms with van der Waals surface area (Å²) in [6.07, 6.45) is 1.82. The molecule has 1 unspecified atom stereocenters. The molecule has 3 aromatic carbocycles. The molecule has 3 aromatic rings. The highest BCUT2D eigenvalue weighted by Gasteiger charge is 2.28. The van der Waals surface area contributed by atoms with Gasteiger partial charge in [0, 0.05) is 18.3 Å². The summed E-state index contributed by atoms with van der Waals surface area (Å²) in [6.45, 7) is 13.2. The standard InChI is InChI=1S/C30H36FNO3/c1-17-27(21-11-13-25-20(15-21)9-8-14-34-25)26(19(3)35-30(4,5)6)18(2)29(32-7)28(17)22-10-12-23(31)24(33)16-22/h10-13,15-16,19,32-33H,8-9,14H2,1-7H3. The van der Waals surface area contributed by atoms with Crippen molar-refractivity contribution >= 4 is 5.69 Å². The summed E-state index contributed by atoms with van der Waals surface area (Å²) >= 11 is 0. The molecule has 0 radical (unpaired) electrons. The van der Waals surface area contributed by atoms with Crippen LogP contribution in [0.1, 0.15) is 62.5 Å². The Morgan fingerprint density at radius 1 is 1.03 bits per heavy atom. The maximum Gasteiger partial charge on any atom is 0.164 e. The van der Waals surface area contributed by atoms with Gasteiger partial charge in [0.25, 0.3) is 0 Å². The number of aryl methyl sites for hydroxylation is 1. The van der Waals surface area contributed by atoms with E-state index in [1.54, 1.807) is 6.07 Å². The highest BCUT2D eigenvalue weighted by atomic mass is 19.1. The van der Waals surface area contributed by atoms with Gasteiger partial charge < -0.3 is 19.9 Å². The maximum atomic E-state index is 13.9. The number of halogens is 1. The van der Waals surface area contributed by atoms with Gasteiger partial charge in [-0.3, -0.25) is 0 Å². The minimum atomic E-state index is -0.632. The van der Waals surface area contributed by atoms with E-state index >= 15 is 0 Å². The highest BCUT2D eigenvalue weighted by Crippen LogP contribution is 2.47. The van der Waals surface area contributed by atoms with E-state index in [9.17, 15) is 9.50 Å². The van der Waals surface area contributed by atoms with Gasteiger partial charge in [-0.2, -0.15) is 0 Å². The highest BCUT2D eigenvalue weighted by molar-refractivity contribution is 5.92. The Bertz CT molecular complexity index is 1260. The average Bonchev–Trinajstić information content (AvgIpc) is 2.80. The Morgan fingerprint density at radius 3 is 2.37 bits per heavy atom. The number of anilines is 1. The summed E-state index contributed by atoms with van der Waals surface area (Å²) in [6, 6.07) is 10.9. The van der Waals surface area contributed by atoms with Gasteiger partial charge in [0.2, 0.25) is 0 Å². The zero-order valence-electron chi connectivity index (χ0n) is 21.8. The first-order chi connectivity index (χ1) is 16.5. The van der Waals surface area contributed by atoms with Gasteiger partial charge in [0.1, 0.15) is 5.75 Å². The van der Waals surface area contributed by atoms with Crippen molar-refractivity contribution in [2.45, 2.75) is 66.1 Å². The molecule has 2 N–H and O–H groups in total. The van der Waals surface area contributed by atoms with Crippen LogP contribution in [0.5, 0.6) is 11.5 Å². The van der Waals surface area contributed by atoms with Gasteiger partial charge in [0.15, 0.2) is 11.6 Å². The molecular weight excluding hydrogens is 441 g/mol. The number of fused-ring (bicyclic) bond motifs is 1. The molecule has 0 aromatic heterocycles. The second-order valence-corrected chi connectivity index (χ2v) is 10.4. The number of rotatable bonds is 5. The summed E-state index contributed by atoms with van der Waals surface area (Å²) in [5.41, 5.74) is 8.96. The lowest BCUT2D eigenvalue weighted by Gasteiger charge is -2.31. The molecule has 35 heavy (non-hydrogen) atoms. The third-order valence-electron chi connectivity index (χ3n) is 6.67. The zero-order valence-corrected chi connectivity index (χ0v) is 21.8. The van der Waals surface area contributed by atoms with Crippen LogP contribution in [0.15, 0.2) is 36.4 Å². The van der Waals surface area contributed by atoms with Crippen LogP contribution < -0.4 is 10.1 Å². The van der Waals surface area contributed by atoms with Gasteiger partial charge in [-0.1, -0.05) is 12.1 Å². The molecule has 0 amide bonds. The number of aromatic hydroxyl groups is 1. The van der Waals surface area contributed by atoms with Crippen LogP contribution in [-0.2, 0) is 11.2 Å². The lowest BCUT2D eigenvalue weighted by atomic mass is 9.82. The summed E-state index contributed by atoms with van der Waals surface area (Å²) in [5.74, 6) is -0.0408. The Labute approximate surface area is 208 Å². The normalized spacial score (nSPS) is 14.3. The van der Waals surface area contributed by atoms with Crippen molar-refractivity contribution in [1.29, 1.82) is 0 Å². The van der Waals surface area contributed by atoms with E-state index in [1.807, 2.05) is 7.05 Å². The minimum absolute atomic E-state index is 0.168. The fourth-order valence-corrected chi connectivity index (χ4v) is 5.35. The molecule has 0 spiro atoms. The molecule has 1 heterocycles. The first-order valence-electron chi connectivity index (χ1n) is 12.3. The Kier molecular flexibility index (Phi) is 6.83. The molecule has 0 saturated heterocycles. The number of hydrogen-bond acceptors (Lipinski definition) is 4. The van der Waals surface area contributed by atoms with Gasteiger partial charge in [-0.25, -0.2) is 4.39 Å². The largest absolute Gasteiger partial charge is 0.505 e. The van der Waals surface area contributed by atoms with Gasteiger partial charge in [-0.15, -0.1) is 0 Å². The quantitative estimate of drug-likeness (QED) is 0.395. The van der Waals surface area contributed by atoms with Crippen LogP contribution in [0.2, 0.25) is 0 Å². The monoisotopic (exact) mass is 477 g/mol. The molecule has 1 aliphatic heterocycles. The van der Waals surface area contributed by atoms with Crippen LogP contribution in [0.3, 0.4) is 0 Å². The van der Waals surface area contributed by atoms with Gasteiger partial charge >= 0.3 is 0 Å². The lowest BCUT2D eigenvalue weighted by molar-refractivity contribution is -0.0529. The van der Waals surface area contributed by atoms with Crippen LogP contribution in [0, 0.1) is 19.7 Å². The average molecular weight is 478 g/mol. The maximum absolute atomic E-state index is 13.9. The predicted octanol–water partition coefficient (Wildman–Crippen LogP) is 7.72. The van der Waals surface area contributed by atoms with Gasteiger partial charge in [-0.05, 0) is 118 Å². The Hall–Kier alpha value is -3.05. The zero-order chi connectivity index (χ0) is 25.5. The number of nitrogens with one attached hydrogen (secondary N) is 1. The third-order valence-corrected chi connectivity index (χ3v) is 6.67. The third kappa shape index (κ3) is 4.87. The first-order valence-corrected chi connectivity index (χ1v) is 12.3. The molecule has 186 valence electrons. The molecule has 1 atom stereocenters. The van der Waals surface area contributed by atoms with E-state index in [0.29, 0.717) is 0 Å². The summed E-state index contributed by atoms with van der Waals surface area (Å²) in [7, 11) is 1.89. The van der Waals surface area contributed by atoms with Crippen LogP contribution in [-0.4, -0.2) is 24.4 Å². The number of phenols is 1. The van der Waals surface area contributed by atoms with E-state index in [1.165, 1.54) is 17.7 Å². The fraction of sp³-hybridized carbons (Fsp3) is 0.400. The van der Waals surface area contributed by atoms with Crippen molar-refractivity contribution in [3.8, 4) is 33.8 Å². The molecule has 4 rings (SSSR count). The number of hydrogen-bond donors (Lipinski definition) is 2. The number of phenolic OH excluding ortho intramolecular Hbond substituents is 1. The number of ether oxygens (including phenoxy) is 2. The molecule has 4 nitrogen and oxygen atoms in total. The lowest BCUT2D eigenvalue weighted by Crippen LogP contribution is -2.22. The van der Waals surface area contributed by atoms with E-state index in [-0.39, 0.29) is 17.5 Å². The molecule has 1 aliphatic rings. The fourth-order valence-electron chi connectivity index (χ4n) is 5.35. The Balaban J connectivity index is 2.04. The Morgan fingerprint density at radius 2 is 1.71 bits per heavy atom. The second-order valence-electron chi connectivity index (χ2n) is 10.4. The molecular formula is C30H36FNO3. The first kappa shape index (κ1) is 25.1. The van der Waals surface area contributed by atoms with E-state index in [4.69, 9.17) is 9.47 Å². The van der Waals surface area contributed by atoms with Crippen LogP contribution in [0.25, 0.3) is 22.3 Å².